The highest BCUT2D eigenvalue weighted by Gasteiger charge is 2.10. The summed E-state index contributed by atoms with van der Waals surface area (Å²) in [6, 6.07) is 12.3. The Labute approximate surface area is 151 Å². The lowest BCUT2D eigenvalue weighted by molar-refractivity contribution is 0.0953. The van der Waals surface area contributed by atoms with Gasteiger partial charge in [0, 0.05) is 25.8 Å². The maximum Gasteiger partial charge on any atom is 0.252 e. The van der Waals surface area contributed by atoms with E-state index < -0.39 is 0 Å². The number of amides is 1. The second-order valence-electron chi connectivity index (χ2n) is 6.26. The Morgan fingerprint density at radius 1 is 1.08 bits per heavy atom. The molecule has 0 aliphatic carbocycles. The van der Waals surface area contributed by atoms with Gasteiger partial charge in [-0.25, -0.2) is 0 Å². The molecule has 1 heterocycles. The van der Waals surface area contributed by atoms with Gasteiger partial charge in [-0.2, -0.15) is 0 Å². The van der Waals surface area contributed by atoms with Gasteiger partial charge in [-0.3, -0.25) is 9.78 Å². The molecule has 0 radical (unpaired) electrons. The quantitative estimate of drug-likeness (QED) is 0.664. The normalized spacial score (nSPS) is 10.5. The molecule has 2 aromatic rings. The van der Waals surface area contributed by atoms with Gasteiger partial charge in [0.2, 0.25) is 0 Å². The lowest BCUT2D eigenvalue weighted by Crippen LogP contribution is -2.27. The van der Waals surface area contributed by atoms with Crippen LogP contribution in [0.4, 0.5) is 5.69 Å². The Hall–Kier alpha value is -2.36. The van der Waals surface area contributed by atoms with E-state index in [-0.39, 0.29) is 5.91 Å². The molecule has 1 N–H and O–H groups in total. The number of nitrogens with zero attached hydrogens (tertiary/aromatic N) is 2. The third-order valence-electron chi connectivity index (χ3n) is 4.11. The van der Waals surface area contributed by atoms with Crippen LogP contribution < -0.4 is 10.2 Å². The van der Waals surface area contributed by atoms with Crippen LogP contribution >= 0.6 is 0 Å². The van der Waals surface area contributed by atoms with Crippen LogP contribution in [-0.2, 0) is 6.42 Å². The van der Waals surface area contributed by atoms with E-state index in [0.29, 0.717) is 12.1 Å². The molecule has 0 saturated carbocycles. The molecule has 0 atom stereocenters. The summed E-state index contributed by atoms with van der Waals surface area (Å²) >= 11 is 0. The molecule has 0 spiro atoms. The fourth-order valence-corrected chi connectivity index (χ4v) is 2.88. The summed E-state index contributed by atoms with van der Waals surface area (Å²) in [6.07, 6.45) is 7.55. The second kappa shape index (κ2) is 10.5. The average Bonchev–Trinajstić information content (AvgIpc) is 2.66. The zero-order valence-corrected chi connectivity index (χ0v) is 15.4. The van der Waals surface area contributed by atoms with Crippen molar-refractivity contribution in [2.24, 2.45) is 0 Å². The van der Waals surface area contributed by atoms with Gasteiger partial charge in [-0.15, -0.1) is 0 Å². The molecule has 4 nitrogen and oxygen atoms in total. The molecule has 25 heavy (non-hydrogen) atoms. The number of benzene rings is 1. The number of hydrogen-bond donors (Lipinski definition) is 1. The number of pyridine rings is 1. The van der Waals surface area contributed by atoms with E-state index in [9.17, 15) is 4.79 Å². The maximum absolute atomic E-state index is 12.4. The number of aromatic nitrogens is 1. The zero-order valence-electron chi connectivity index (χ0n) is 15.4. The molecular formula is C21H29N3O. The fourth-order valence-electron chi connectivity index (χ4n) is 2.88. The first-order chi connectivity index (χ1) is 12.2. The Kier molecular flexibility index (Phi) is 7.96. The Balaban J connectivity index is 1.87. The first-order valence-electron chi connectivity index (χ1n) is 9.26. The highest BCUT2D eigenvalue weighted by molar-refractivity contribution is 5.94. The van der Waals surface area contributed by atoms with Crippen molar-refractivity contribution in [3.05, 3.63) is 59.9 Å². The van der Waals surface area contributed by atoms with E-state index in [1.54, 1.807) is 6.20 Å². The van der Waals surface area contributed by atoms with Crippen molar-refractivity contribution in [2.75, 3.05) is 24.5 Å². The number of carbonyl (C=O) groups excluding carboxylic acids is 1. The minimum absolute atomic E-state index is 0.0460. The topological polar surface area (TPSA) is 45.2 Å². The molecule has 4 heteroatoms. The molecule has 0 bridgehead atoms. The summed E-state index contributed by atoms with van der Waals surface area (Å²) in [5.74, 6) is -0.0460. The van der Waals surface area contributed by atoms with E-state index in [0.717, 1.165) is 44.5 Å². The molecule has 2 rings (SSSR count). The minimum atomic E-state index is -0.0460. The maximum atomic E-state index is 12.4. The van der Waals surface area contributed by atoms with Crippen molar-refractivity contribution in [3.8, 4) is 0 Å². The zero-order chi connectivity index (χ0) is 17.9. The molecule has 134 valence electrons. The van der Waals surface area contributed by atoms with Crippen molar-refractivity contribution >= 4 is 11.6 Å². The smallest absolute Gasteiger partial charge is 0.252 e. The molecule has 0 unspecified atom stereocenters. The first kappa shape index (κ1) is 19.0. The lowest BCUT2D eigenvalue weighted by Gasteiger charge is -2.23. The van der Waals surface area contributed by atoms with Crippen molar-refractivity contribution in [3.63, 3.8) is 0 Å². The number of rotatable bonds is 10. The summed E-state index contributed by atoms with van der Waals surface area (Å²) in [4.78, 5) is 18.9. The van der Waals surface area contributed by atoms with E-state index in [1.807, 2.05) is 30.5 Å². The number of hydrogen-bond acceptors (Lipinski definition) is 3. The van der Waals surface area contributed by atoms with Crippen LogP contribution in [-0.4, -0.2) is 30.5 Å². The molecule has 0 aliphatic heterocycles. The Morgan fingerprint density at radius 3 is 2.48 bits per heavy atom. The fraction of sp³-hybridized carbons (Fsp3) is 0.429. The minimum Gasteiger partial charge on any atom is -0.370 e. The van der Waals surface area contributed by atoms with Gasteiger partial charge in [-0.1, -0.05) is 44.2 Å². The van der Waals surface area contributed by atoms with Gasteiger partial charge >= 0.3 is 0 Å². The van der Waals surface area contributed by atoms with Crippen molar-refractivity contribution in [1.29, 1.82) is 0 Å². The summed E-state index contributed by atoms with van der Waals surface area (Å²) in [6.45, 7) is 6.97. The van der Waals surface area contributed by atoms with Crippen LogP contribution in [0.25, 0.3) is 0 Å². The summed E-state index contributed by atoms with van der Waals surface area (Å²) < 4.78 is 0. The SMILES string of the molecule is CCCN(CCC)c1cncc(C(=O)NCCCc2ccccc2)c1. The van der Waals surface area contributed by atoms with Crippen LogP contribution in [0.5, 0.6) is 0 Å². The van der Waals surface area contributed by atoms with E-state index in [4.69, 9.17) is 0 Å². The van der Waals surface area contributed by atoms with Crippen LogP contribution in [0.15, 0.2) is 48.8 Å². The summed E-state index contributed by atoms with van der Waals surface area (Å²) in [5, 5.41) is 3.00. The molecule has 0 aliphatic rings. The number of nitrogens with one attached hydrogen (secondary N) is 1. The third-order valence-corrected chi connectivity index (χ3v) is 4.11. The Bertz CT molecular complexity index is 637. The standard InChI is InChI=1S/C21H29N3O/c1-3-13-24(14-4-2)20-15-19(16-22-17-20)21(25)23-12-8-11-18-9-6-5-7-10-18/h5-7,9-10,15-17H,3-4,8,11-14H2,1-2H3,(H,23,25). The van der Waals surface area contributed by atoms with E-state index in [1.165, 1.54) is 5.56 Å². The highest BCUT2D eigenvalue weighted by Crippen LogP contribution is 2.15. The molecule has 1 aromatic carbocycles. The summed E-state index contributed by atoms with van der Waals surface area (Å²) in [5.41, 5.74) is 2.96. The number of carbonyl (C=O) groups is 1. The van der Waals surface area contributed by atoms with Crippen LogP contribution in [0, 0.1) is 0 Å². The third kappa shape index (κ3) is 6.22. The van der Waals surface area contributed by atoms with E-state index in [2.05, 4.69) is 41.2 Å². The van der Waals surface area contributed by atoms with Crippen molar-refractivity contribution < 1.29 is 4.79 Å². The molecule has 1 aromatic heterocycles. The average molecular weight is 339 g/mol. The molecule has 1 amide bonds. The highest BCUT2D eigenvalue weighted by atomic mass is 16.1. The van der Waals surface area contributed by atoms with Crippen molar-refractivity contribution in [2.45, 2.75) is 39.5 Å². The van der Waals surface area contributed by atoms with Gasteiger partial charge in [-0.05, 0) is 37.3 Å². The monoisotopic (exact) mass is 339 g/mol. The van der Waals surface area contributed by atoms with E-state index >= 15 is 0 Å². The predicted molar refractivity (Wildman–Crippen MR) is 104 cm³/mol. The largest absolute Gasteiger partial charge is 0.370 e. The Morgan fingerprint density at radius 2 is 1.80 bits per heavy atom. The van der Waals surface area contributed by atoms with Gasteiger partial charge in [0.15, 0.2) is 0 Å². The predicted octanol–water partition coefficient (Wildman–Crippen LogP) is 4.07. The number of anilines is 1. The van der Waals surface area contributed by atoms with Crippen LogP contribution in [0.1, 0.15) is 49.0 Å². The van der Waals surface area contributed by atoms with Crippen molar-refractivity contribution in [1.82, 2.24) is 10.3 Å². The van der Waals surface area contributed by atoms with Crippen LogP contribution in [0.2, 0.25) is 0 Å². The summed E-state index contributed by atoms with van der Waals surface area (Å²) in [7, 11) is 0. The lowest BCUT2D eigenvalue weighted by atomic mass is 10.1. The first-order valence-corrected chi connectivity index (χ1v) is 9.26. The van der Waals surface area contributed by atoms with Gasteiger partial charge in [0.05, 0.1) is 17.4 Å². The second-order valence-corrected chi connectivity index (χ2v) is 6.26. The van der Waals surface area contributed by atoms with Gasteiger partial charge in [0.25, 0.3) is 5.91 Å². The number of aryl methyl sites for hydroxylation is 1. The van der Waals surface area contributed by atoms with Crippen LogP contribution in [0.3, 0.4) is 0 Å². The van der Waals surface area contributed by atoms with Gasteiger partial charge in [0.1, 0.15) is 0 Å². The molecular weight excluding hydrogens is 310 g/mol. The molecule has 0 saturated heterocycles. The molecule has 0 fully saturated rings. The van der Waals surface area contributed by atoms with Gasteiger partial charge < -0.3 is 10.2 Å².